The van der Waals surface area contributed by atoms with Gasteiger partial charge in [0.05, 0.1) is 23.5 Å². The minimum absolute atomic E-state index is 0.131. The Balaban J connectivity index is 1.60. The zero-order chi connectivity index (χ0) is 19.4. The van der Waals surface area contributed by atoms with Gasteiger partial charge in [-0.05, 0) is 56.5 Å². The summed E-state index contributed by atoms with van der Waals surface area (Å²) in [4.78, 5) is 7.45. The first-order valence-electron chi connectivity index (χ1n) is 10.4. The van der Waals surface area contributed by atoms with Crippen molar-refractivity contribution in [1.29, 1.82) is 0 Å². The predicted molar refractivity (Wildman–Crippen MR) is 119 cm³/mol. The van der Waals surface area contributed by atoms with Crippen LogP contribution in [0.4, 0.5) is 11.4 Å². The fourth-order valence-electron chi connectivity index (χ4n) is 4.41. The minimum atomic E-state index is -0.131. The molecule has 0 aliphatic carbocycles. The average Bonchev–Trinajstić information content (AvgIpc) is 3.26. The maximum absolute atomic E-state index is 5.08. The number of hydrogen-bond acceptors (Lipinski definition) is 4. The molecule has 0 aromatic heterocycles. The van der Waals surface area contributed by atoms with Crippen molar-refractivity contribution in [3.05, 3.63) is 60.8 Å². The van der Waals surface area contributed by atoms with Gasteiger partial charge in [-0.3, -0.25) is 4.99 Å². The van der Waals surface area contributed by atoms with Crippen LogP contribution in [-0.4, -0.2) is 49.0 Å². The van der Waals surface area contributed by atoms with E-state index in [2.05, 4.69) is 64.3 Å². The van der Waals surface area contributed by atoms with E-state index in [4.69, 9.17) is 4.99 Å². The number of rotatable bonds is 5. The summed E-state index contributed by atoms with van der Waals surface area (Å²) < 4.78 is 0. The van der Waals surface area contributed by atoms with Gasteiger partial charge in [-0.2, -0.15) is 0 Å². The average molecular weight is 378 g/mol. The monoisotopic (exact) mass is 377 g/mol. The van der Waals surface area contributed by atoms with Gasteiger partial charge in [0.25, 0.3) is 0 Å². The first-order chi connectivity index (χ1) is 13.7. The summed E-state index contributed by atoms with van der Waals surface area (Å²) in [7, 11) is 0. The van der Waals surface area contributed by atoms with Crippen molar-refractivity contribution < 1.29 is 0 Å². The number of hydrogen-bond donors (Lipinski definition) is 3. The Morgan fingerprint density at radius 2 is 1.86 bits per heavy atom. The van der Waals surface area contributed by atoms with Crippen LogP contribution in [0.5, 0.6) is 0 Å². The summed E-state index contributed by atoms with van der Waals surface area (Å²) in [6, 6.07) is 8.38. The Morgan fingerprint density at radius 3 is 2.57 bits per heavy atom. The molecule has 4 rings (SSSR count). The molecule has 3 aliphatic rings. The van der Waals surface area contributed by atoms with Crippen molar-refractivity contribution >= 4 is 17.2 Å². The molecule has 1 spiro atoms. The lowest BCUT2D eigenvalue weighted by molar-refractivity contribution is 0.419. The Hall–Kier alpha value is -2.53. The number of fused-ring (bicyclic) bond motifs is 1. The lowest BCUT2D eigenvalue weighted by Gasteiger charge is -2.44. The van der Waals surface area contributed by atoms with Gasteiger partial charge >= 0.3 is 0 Å². The van der Waals surface area contributed by atoms with E-state index >= 15 is 0 Å². The van der Waals surface area contributed by atoms with E-state index < -0.39 is 0 Å². The molecule has 5 heteroatoms. The van der Waals surface area contributed by atoms with Crippen LogP contribution in [0.15, 0.2) is 65.8 Å². The van der Waals surface area contributed by atoms with E-state index in [1.54, 1.807) is 0 Å². The van der Waals surface area contributed by atoms with Gasteiger partial charge in [-0.25, -0.2) is 0 Å². The molecule has 0 bridgehead atoms. The summed E-state index contributed by atoms with van der Waals surface area (Å²) in [5.74, 6) is 1.04. The number of amidine groups is 1. The molecule has 3 heterocycles. The van der Waals surface area contributed by atoms with E-state index in [9.17, 15) is 0 Å². The molecular weight excluding hydrogens is 346 g/mol. The zero-order valence-electron chi connectivity index (χ0n) is 16.6. The van der Waals surface area contributed by atoms with Gasteiger partial charge in [-0.1, -0.05) is 37.4 Å². The molecule has 0 unspecified atom stereocenters. The first kappa shape index (κ1) is 18.8. The first-order valence-corrected chi connectivity index (χ1v) is 10.4. The van der Waals surface area contributed by atoms with Crippen LogP contribution in [0.1, 0.15) is 25.7 Å². The molecule has 1 aromatic carbocycles. The second-order valence-electron chi connectivity index (χ2n) is 7.86. The fraction of sp³-hybridized carbons (Fsp3) is 0.435. The van der Waals surface area contributed by atoms with Crippen molar-refractivity contribution in [1.82, 2.24) is 10.2 Å². The standard InChI is InChI=1S/C23H31N5/c1-3-8-19(18(2)28-15-6-7-16-28)17-25-22-23(11-13-24-14-12-23)27-21-10-5-4-9-20(21)26-22/h3-5,8-10,24,27H,1-2,6-7,11-17H2,(H,25,26)/b19-8-. The van der Waals surface area contributed by atoms with E-state index in [0.29, 0.717) is 6.54 Å². The highest BCUT2D eigenvalue weighted by atomic mass is 15.2. The Morgan fingerprint density at radius 1 is 1.14 bits per heavy atom. The van der Waals surface area contributed by atoms with Gasteiger partial charge in [-0.15, -0.1) is 0 Å². The van der Waals surface area contributed by atoms with E-state index in [1.165, 1.54) is 12.8 Å². The van der Waals surface area contributed by atoms with Crippen molar-refractivity contribution in [3.8, 4) is 0 Å². The summed E-state index contributed by atoms with van der Waals surface area (Å²) in [5.41, 5.74) is 4.36. The third-order valence-electron chi connectivity index (χ3n) is 6.05. The van der Waals surface area contributed by atoms with Crippen LogP contribution in [0.25, 0.3) is 0 Å². The maximum atomic E-state index is 5.08. The van der Waals surface area contributed by atoms with Crippen LogP contribution in [-0.2, 0) is 0 Å². The zero-order valence-corrected chi connectivity index (χ0v) is 16.6. The van der Waals surface area contributed by atoms with Crippen molar-refractivity contribution in [2.24, 2.45) is 4.99 Å². The number of anilines is 2. The summed E-state index contributed by atoms with van der Waals surface area (Å²) in [6.45, 7) is 13.0. The number of aliphatic imine (C=N–C) groups is 1. The Labute approximate surface area is 168 Å². The molecule has 0 amide bonds. The van der Waals surface area contributed by atoms with E-state index in [1.807, 2.05) is 6.08 Å². The molecular formula is C23H31N5. The molecule has 3 aliphatic heterocycles. The van der Waals surface area contributed by atoms with E-state index in [-0.39, 0.29) is 5.54 Å². The molecule has 2 saturated heterocycles. The molecule has 0 atom stereocenters. The summed E-state index contributed by atoms with van der Waals surface area (Å²) in [5, 5.41) is 10.9. The summed E-state index contributed by atoms with van der Waals surface area (Å²) in [6.07, 6.45) is 8.42. The normalized spacial score (nSPS) is 22.5. The number of piperidine rings is 1. The summed E-state index contributed by atoms with van der Waals surface area (Å²) >= 11 is 0. The highest BCUT2D eigenvalue weighted by Crippen LogP contribution is 2.36. The fourth-order valence-corrected chi connectivity index (χ4v) is 4.41. The highest BCUT2D eigenvalue weighted by molar-refractivity contribution is 6.09. The quantitative estimate of drug-likeness (QED) is 0.684. The maximum Gasteiger partial charge on any atom is 0.127 e. The lowest BCUT2D eigenvalue weighted by Crippen LogP contribution is -2.57. The van der Waals surface area contributed by atoms with Gasteiger partial charge in [0.1, 0.15) is 5.84 Å². The van der Waals surface area contributed by atoms with E-state index in [0.717, 1.165) is 67.5 Å². The molecule has 28 heavy (non-hydrogen) atoms. The second kappa shape index (κ2) is 8.23. The largest absolute Gasteiger partial charge is 0.372 e. The van der Waals surface area contributed by atoms with Gasteiger partial charge in [0.15, 0.2) is 0 Å². The smallest absolute Gasteiger partial charge is 0.127 e. The Kier molecular flexibility index (Phi) is 5.53. The number of benzene rings is 1. The molecule has 1 aromatic rings. The molecule has 5 nitrogen and oxygen atoms in total. The third kappa shape index (κ3) is 3.72. The highest BCUT2D eigenvalue weighted by Gasteiger charge is 2.40. The number of likely N-dealkylation sites (tertiary alicyclic amines) is 1. The predicted octanol–water partition coefficient (Wildman–Crippen LogP) is 3.77. The number of para-hydroxylation sites is 2. The van der Waals surface area contributed by atoms with Crippen molar-refractivity contribution in [3.63, 3.8) is 0 Å². The number of nitrogens with zero attached hydrogens (tertiary/aromatic N) is 2. The van der Waals surface area contributed by atoms with Crippen LogP contribution in [0, 0.1) is 0 Å². The second-order valence-corrected chi connectivity index (χ2v) is 7.86. The van der Waals surface area contributed by atoms with Crippen LogP contribution < -0.4 is 16.0 Å². The molecule has 0 radical (unpaired) electrons. The SMILES string of the molecule is C=C/C=C(/CN=C1Nc2ccccc2NC12CCNCC2)C(=C)N1CCCC1. The van der Waals surface area contributed by atoms with Gasteiger partial charge in [0.2, 0.25) is 0 Å². The third-order valence-corrected chi connectivity index (χ3v) is 6.05. The van der Waals surface area contributed by atoms with Crippen LogP contribution in [0.3, 0.4) is 0 Å². The van der Waals surface area contributed by atoms with Crippen LogP contribution in [0.2, 0.25) is 0 Å². The Bertz CT molecular complexity index is 795. The van der Waals surface area contributed by atoms with Crippen molar-refractivity contribution in [2.45, 2.75) is 31.2 Å². The number of nitrogens with one attached hydrogen (secondary N) is 3. The molecule has 3 N–H and O–H groups in total. The molecule has 0 saturated carbocycles. The van der Waals surface area contributed by atoms with Gasteiger partial charge in [0, 0.05) is 18.8 Å². The van der Waals surface area contributed by atoms with Crippen LogP contribution >= 0.6 is 0 Å². The van der Waals surface area contributed by atoms with Crippen molar-refractivity contribution in [2.75, 3.05) is 43.4 Å². The lowest BCUT2D eigenvalue weighted by atomic mass is 9.84. The minimum Gasteiger partial charge on any atom is -0.372 e. The topological polar surface area (TPSA) is 51.7 Å². The molecule has 148 valence electrons. The molecule has 2 fully saturated rings. The number of allylic oxidation sites excluding steroid dienone is 2. The van der Waals surface area contributed by atoms with Gasteiger partial charge < -0.3 is 20.9 Å².